The van der Waals surface area contributed by atoms with E-state index in [9.17, 15) is 21.6 Å². The molecule has 3 N–H and O–H groups in total. The average Bonchev–Trinajstić information content (AvgIpc) is 2.25. The van der Waals surface area contributed by atoms with E-state index < -0.39 is 22.1 Å². The lowest BCUT2D eigenvalue weighted by Gasteiger charge is -2.10. The van der Waals surface area contributed by atoms with Crippen LogP contribution < -0.4 is 15.2 Å². The minimum atomic E-state index is -5.31. The number of nitrogens with two attached hydrogens (primary N) is 1. The largest absolute Gasteiger partial charge is 0.511 e. The highest BCUT2D eigenvalue weighted by Crippen LogP contribution is 2.21. The Morgan fingerprint density at radius 2 is 1.78 bits per heavy atom. The van der Waals surface area contributed by atoms with Crippen LogP contribution in [0.15, 0.2) is 24.3 Å². The molecule has 0 amide bonds. The first-order valence-electron chi connectivity index (χ1n) is 4.76. The minimum absolute atomic E-state index is 0.223. The molecule has 1 rings (SSSR count). The minimum Gasteiger partial charge on any atom is -0.492 e. The summed E-state index contributed by atoms with van der Waals surface area (Å²) >= 11 is 0. The Labute approximate surface area is 102 Å². The summed E-state index contributed by atoms with van der Waals surface area (Å²) in [5, 5.41) is 0. The number of benzene rings is 1. The highest BCUT2D eigenvalue weighted by Gasteiger charge is 2.45. The fourth-order valence-corrected chi connectivity index (χ4v) is 1.51. The van der Waals surface area contributed by atoms with Gasteiger partial charge in [-0.25, -0.2) is 13.1 Å². The third kappa shape index (κ3) is 4.08. The Morgan fingerprint density at radius 3 is 2.28 bits per heavy atom. The number of alkyl halides is 3. The molecule has 5 nitrogen and oxygen atoms in total. The second-order valence-electron chi connectivity index (χ2n) is 3.26. The summed E-state index contributed by atoms with van der Waals surface area (Å²) in [5.41, 5.74) is 0.617. The van der Waals surface area contributed by atoms with Gasteiger partial charge in [-0.3, -0.25) is 0 Å². The maximum absolute atomic E-state index is 11.9. The second-order valence-corrected chi connectivity index (χ2v) is 5.02. The van der Waals surface area contributed by atoms with Crippen LogP contribution in [0.25, 0.3) is 0 Å². The molecular weight excluding hydrogens is 273 g/mol. The SMILES string of the molecule is Nc1ccc(OCCNS(=O)(=O)C(F)(F)F)cc1. The van der Waals surface area contributed by atoms with Gasteiger partial charge in [-0.15, -0.1) is 0 Å². The average molecular weight is 284 g/mol. The lowest BCUT2D eigenvalue weighted by Crippen LogP contribution is -2.38. The first-order valence-corrected chi connectivity index (χ1v) is 6.25. The standard InChI is InChI=1S/C9H11F3N2O3S/c10-9(11,12)18(15,16)14-5-6-17-8-3-1-7(13)2-4-8/h1-4,14H,5-6,13H2. The van der Waals surface area contributed by atoms with Crippen LogP contribution in [0.1, 0.15) is 0 Å². The number of hydrogen-bond acceptors (Lipinski definition) is 4. The molecule has 1 aromatic carbocycles. The molecule has 1 aromatic rings. The molecule has 0 radical (unpaired) electrons. The number of rotatable bonds is 5. The Kier molecular flexibility index (Phi) is 4.41. The van der Waals surface area contributed by atoms with Crippen LogP contribution in [0.4, 0.5) is 18.9 Å². The van der Waals surface area contributed by atoms with Gasteiger partial charge in [-0.05, 0) is 24.3 Å². The normalized spacial score (nSPS) is 12.4. The zero-order chi connectivity index (χ0) is 13.8. The van der Waals surface area contributed by atoms with Crippen LogP contribution in [0.2, 0.25) is 0 Å². The number of halogens is 3. The van der Waals surface area contributed by atoms with Crippen molar-refractivity contribution in [3.05, 3.63) is 24.3 Å². The van der Waals surface area contributed by atoms with Crippen molar-refractivity contribution in [3.8, 4) is 5.75 Å². The maximum atomic E-state index is 11.9. The van der Waals surface area contributed by atoms with E-state index in [-0.39, 0.29) is 6.61 Å². The van der Waals surface area contributed by atoms with Gasteiger partial charge in [0.15, 0.2) is 0 Å². The third-order valence-electron chi connectivity index (χ3n) is 1.85. The summed E-state index contributed by atoms with van der Waals surface area (Å²) in [7, 11) is -5.31. The summed E-state index contributed by atoms with van der Waals surface area (Å²) in [4.78, 5) is 0. The van der Waals surface area contributed by atoms with E-state index in [4.69, 9.17) is 10.5 Å². The first-order chi connectivity index (χ1) is 8.22. The van der Waals surface area contributed by atoms with E-state index in [0.717, 1.165) is 0 Å². The van der Waals surface area contributed by atoms with Gasteiger partial charge < -0.3 is 10.5 Å². The first kappa shape index (κ1) is 14.6. The number of anilines is 1. The van der Waals surface area contributed by atoms with Crippen molar-refractivity contribution in [1.29, 1.82) is 0 Å². The predicted molar refractivity (Wildman–Crippen MR) is 59.3 cm³/mol. The second kappa shape index (κ2) is 5.44. The summed E-state index contributed by atoms with van der Waals surface area (Å²) < 4.78 is 63.4. The smallest absolute Gasteiger partial charge is 0.492 e. The van der Waals surface area contributed by atoms with Gasteiger partial charge in [0.1, 0.15) is 12.4 Å². The van der Waals surface area contributed by atoms with Gasteiger partial charge in [0, 0.05) is 12.2 Å². The Balaban J connectivity index is 2.38. The molecular formula is C9H11F3N2O3S. The topological polar surface area (TPSA) is 81.4 Å². The number of nitrogens with one attached hydrogen (secondary N) is 1. The Hall–Kier alpha value is -1.48. The summed E-state index contributed by atoms with van der Waals surface area (Å²) in [6.07, 6.45) is 0. The quantitative estimate of drug-likeness (QED) is 0.626. The number of hydrogen-bond donors (Lipinski definition) is 2. The highest BCUT2D eigenvalue weighted by atomic mass is 32.2. The van der Waals surface area contributed by atoms with Crippen LogP contribution in [-0.2, 0) is 10.0 Å². The fraction of sp³-hybridized carbons (Fsp3) is 0.333. The third-order valence-corrected chi connectivity index (χ3v) is 3.04. The molecule has 0 fully saturated rings. The van der Waals surface area contributed by atoms with Gasteiger partial charge >= 0.3 is 15.5 Å². The number of sulfonamides is 1. The summed E-state index contributed by atoms with van der Waals surface area (Å²) in [6, 6.07) is 6.14. The maximum Gasteiger partial charge on any atom is 0.511 e. The van der Waals surface area contributed by atoms with Crippen LogP contribution in [-0.4, -0.2) is 27.1 Å². The zero-order valence-corrected chi connectivity index (χ0v) is 9.88. The number of ether oxygens (including phenoxy) is 1. The van der Waals surface area contributed by atoms with Gasteiger partial charge in [0.2, 0.25) is 0 Å². The van der Waals surface area contributed by atoms with E-state index in [1.807, 2.05) is 0 Å². The molecule has 9 heteroatoms. The molecule has 0 atom stereocenters. The van der Waals surface area contributed by atoms with Crippen molar-refractivity contribution >= 4 is 15.7 Å². The van der Waals surface area contributed by atoms with Crippen molar-refractivity contribution in [1.82, 2.24) is 4.72 Å². The predicted octanol–water partition coefficient (Wildman–Crippen LogP) is 1.09. The lowest BCUT2D eigenvalue weighted by molar-refractivity contribution is -0.0448. The van der Waals surface area contributed by atoms with Crippen LogP contribution in [0, 0.1) is 0 Å². The molecule has 0 aromatic heterocycles. The zero-order valence-electron chi connectivity index (χ0n) is 9.07. The molecule has 102 valence electrons. The molecule has 0 aliphatic heterocycles. The van der Waals surface area contributed by atoms with E-state index in [1.54, 1.807) is 12.1 Å². The van der Waals surface area contributed by atoms with Crippen molar-refractivity contribution in [3.63, 3.8) is 0 Å². The van der Waals surface area contributed by atoms with Crippen LogP contribution >= 0.6 is 0 Å². The number of nitrogen functional groups attached to an aromatic ring is 1. The van der Waals surface area contributed by atoms with E-state index in [2.05, 4.69) is 0 Å². The van der Waals surface area contributed by atoms with Crippen LogP contribution in [0.5, 0.6) is 5.75 Å². The van der Waals surface area contributed by atoms with Gasteiger partial charge in [0.05, 0.1) is 0 Å². The summed E-state index contributed by atoms with van der Waals surface area (Å²) in [6.45, 7) is -0.703. The van der Waals surface area contributed by atoms with Gasteiger partial charge in [0.25, 0.3) is 0 Å². The van der Waals surface area contributed by atoms with Gasteiger partial charge in [-0.2, -0.15) is 13.2 Å². The van der Waals surface area contributed by atoms with Crippen molar-refractivity contribution in [2.75, 3.05) is 18.9 Å². The molecule has 0 unspecified atom stereocenters. The molecule has 0 saturated carbocycles. The molecule has 0 aliphatic carbocycles. The Bertz CT molecular complexity index is 485. The summed E-state index contributed by atoms with van der Waals surface area (Å²) in [5.74, 6) is 0.385. The molecule has 0 aliphatic rings. The van der Waals surface area contributed by atoms with E-state index in [1.165, 1.54) is 16.9 Å². The Morgan fingerprint density at radius 1 is 1.22 bits per heavy atom. The van der Waals surface area contributed by atoms with E-state index >= 15 is 0 Å². The highest BCUT2D eigenvalue weighted by molar-refractivity contribution is 7.90. The molecule has 18 heavy (non-hydrogen) atoms. The molecule has 0 bridgehead atoms. The molecule has 0 spiro atoms. The molecule has 0 saturated heterocycles. The van der Waals surface area contributed by atoms with Crippen molar-refractivity contribution in [2.24, 2.45) is 0 Å². The van der Waals surface area contributed by atoms with Crippen LogP contribution in [0.3, 0.4) is 0 Å². The molecule has 0 heterocycles. The van der Waals surface area contributed by atoms with Crippen molar-refractivity contribution in [2.45, 2.75) is 5.51 Å². The fourth-order valence-electron chi connectivity index (χ4n) is 0.991. The van der Waals surface area contributed by atoms with Crippen molar-refractivity contribution < 1.29 is 26.3 Å². The monoisotopic (exact) mass is 284 g/mol. The van der Waals surface area contributed by atoms with E-state index in [0.29, 0.717) is 11.4 Å². The lowest BCUT2D eigenvalue weighted by atomic mass is 10.3. The van der Waals surface area contributed by atoms with Gasteiger partial charge in [-0.1, -0.05) is 0 Å².